The molecule has 0 aromatic heterocycles. The quantitative estimate of drug-likeness (QED) is 0.0470. The van der Waals surface area contributed by atoms with Gasteiger partial charge in [-0.1, -0.05) is 42.0 Å². The molecule has 306 valence electrons. The molecule has 0 atom stereocenters. The molecule has 4 N–H and O–H groups in total. The Labute approximate surface area is 338 Å². The van der Waals surface area contributed by atoms with Crippen LogP contribution in [0.5, 0.6) is 28.7 Å². The SMILES string of the molecule is CC(=O)Nc1cc(S(=O)(=O)[O-])cc2cc(S(=O)(=O)[O-])c(N=Nc3ccc(Oc4cc(C(=O)NCCCCOc5ccc(C)cc5C)c(O)c5ccccc45)cc3)c(O)c12. The average Bonchev–Trinajstić information content (AvgIpc) is 3.16. The number of rotatable bonds is 14. The highest BCUT2D eigenvalue weighted by Gasteiger charge is 2.22. The zero-order valence-electron chi connectivity index (χ0n) is 31.7. The molecule has 0 radical (unpaired) electrons. The predicted molar refractivity (Wildman–Crippen MR) is 215 cm³/mol. The van der Waals surface area contributed by atoms with Crippen molar-refractivity contribution in [2.24, 2.45) is 10.2 Å². The largest absolute Gasteiger partial charge is 0.744 e. The molecule has 6 rings (SSSR count). The minimum absolute atomic E-state index is 0.0116. The maximum Gasteiger partial charge on any atom is 0.255 e. The molecule has 0 aliphatic rings. The maximum absolute atomic E-state index is 13.3. The summed E-state index contributed by atoms with van der Waals surface area (Å²) < 4.78 is 84.2. The van der Waals surface area contributed by atoms with Crippen LogP contribution in [0.3, 0.4) is 0 Å². The molecule has 59 heavy (non-hydrogen) atoms. The van der Waals surface area contributed by atoms with Crippen molar-refractivity contribution < 1.29 is 55.2 Å². The van der Waals surface area contributed by atoms with Gasteiger partial charge in [0.2, 0.25) is 5.91 Å². The Balaban J connectivity index is 1.21. The molecule has 0 heterocycles. The van der Waals surface area contributed by atoms with Crippen LogP contribution in [0.25, 0.3) is 21.5 Å². The van der Waals surface area contributed by atoms with Crippen LogP contribution in [0.2, 0.25) is 0 Å². The summed E-state index contributed by atoms with van der Waals surface area (Å²) in [5.74, 6) is -1.10. The first-order valence-electron chi connectivity index (χ1n) is 17.9. The topological polar surface area (TPSA) is 256 Å². The van der Waals surface area contributed by atoms with Gasteiger partial charge in [0.05, 0.1) is 33.3 Å². The highest BCUT2D eigenvalue weighted by Crippen LogP contribution is 2.45. The molecule has 6 aromatic carbocycles. The lowest BCUT2D eigenvalue weighted by atomic mass is 10.0. The number of carbonyl (C=O) groups excluding carboxylic acids is 2. The number of benzene rings is 6. The molecule has 16 nitrogen and oxygen atoms in total. The fraction of sp³-hybridized carbons (Fsp3) is 0.171. The lowest BCUT2D eigenvalue weighted by molar-refractivity contribution is -0.114. The van der Waals surface area contributed by atoms with Crippen LogP contribution in [0.4, 0.5) is 17.1 Å². The molecular formula is C41H36N4O12S2-2. The molecule has 0 fully saturated rings. The number of carbonyl (C=O) groups is 2. The number of nitrogens with zero attached hydrogens (tertiary/aromatic N) is 2. The van der Waals surface area contributed by atoms with Crippen molar-refractivity contribution >= 4 is 70.7 Å². The van der Waals surface area contributed by atoms with Crippen molar-refractivity contribution in [2.75, 3.05) is 18.5 Å². The second kappa shape index (κ2) is 17.1. The summed E-state index contributed by atoms with van der Waals surface area (Å²) in [6.07, 6.45) is 1.31. The fourth-order valence-corrected chi connectivity index (χ4v) is 7.43. The van der Waals surface area contributed by atoms with Gasteiger partial charge in [-0.3, -0.25) is 9.59 Å². The number of phenolic OH excluding ortho intramolecular Hbond substituents is 2. The lowest BCUT2D eigenvalue weighted by Gasteiger charge is -2.18. The van der Waals surface area contributed by atoms with Gasteiger partial charge in [0.25, 0.3) is 5.91 Å². The van der Waals surface area contributed by atoms with E-state index in [9.17, 15) is 45.7 Å². The first-order chi connectivity index (χ1) is 27.9. The molecule has 0 bridgehead atoms. The minimum atomic E-state index is -5.38. The summed E-state index contributed by atoms with van der Waals surface area (Å²) >= 11 is 0. The number of ether oxygens (including phenoxy) is 2. The second-order valence-corrected chi connectivity index (χ2v) is 16.2. The lowest BCUT2D eigenvalue weighted by Crippen LogP contribution is -2.25. The van der Waals surface area contributed by atoms with Gasteiger partial charge >= 0.3 is 0 Å². The monoisotopic (exact) mass is 840 g/mol. The van der Waals surface area contributed by atoms with Gasteiger partial charge in [-0.05, 0) is 92.2 Å². The van der Waals surface area contributed by atoms with E-state index in [1.54, 1.807) is 24.3 Å². The van der Waals surface area contributed by atoms with Gasteiger partial charge < -0.3 is 39.4 Å². The molecule has 0 saturated heterocycles. The van der Waals surface area contributed by atoms with Gasteiger partial charge in [0.15, 0.2) is 5.75 Å². The van der Waals surface area contributed by atoms with E-state index >= 15 is 0 Å². The number of phenols is 2. The Morgan fingerprint density at radius 3 is 2.15 bits per heavy atom. The summed E-state index contributed by atoms with van der Waals surface area (Å²) in [7, 11) is -10.5. The summed E-state index contributed by atoms with van der Waals surface area (Å²) in [4.78, 5) is 23.2. The van der Waals surface area contributed by atoms with Crippen LogP contribution in [-0.2, 0) is 25.0 Å². The van der Waals surface area contributed by atoms with E-state index in [0.29, 0.717) is 42.8 Å². The number of aryl methyl sites for hydroxylation is 2. The molecule has 0 aliphatic heterocycles. The van der Waals surface area contributed by atoms with Crippen molar-refractivity contribution in [3.8, 4) is 28.7 Å². The van der Waals surface area contributed by atoms with Crippen LogP contribution in [-0.4, -0.2) is 61.1 Å². The highest BCUT2D eigenvalue weighted by molar-refractivity contribution is 7.86. The van der Waals surface area contributed by atoms with Crippen LogP contribution in [0.15, 0.2) is 111 Å². The van der Waals surface area contributed by atoms with Gasteiger partial charge in [-0.15, -0.1) is 5.11 Å². The third kappa shape index (κ3) is 9.75. The Bertz CT molecular complexity index is 2880. The Morgan fingerprint density at radius 2 is 1.49 bits per heavy atom. The van der Waals surface area contributed by atoms with Crippen molar-refractivity contribution in [3.63, 3.8) is 0 Å². The van der Waals surface area contributed by atoms with Gasteiger partial charge in [-0.25, -0.2) is 16.8 Å². The number of fused-ring (bicyclic) bond motifs is 2. The third-order valence-electron chi connectivity index (χ3n) is 8.99. The van der Waals surface area contributed by atoms with Gasteiger partial charge in [0, 0.05) is 29.6 Å². The van der Waals surface area contributed by atoms with Crippen LogP contribution in [0, 0.1) is 13.8 Å². The number of anilines is 1. The molecule has 6 aromatic rings. The smallest absolute Gasteiger partial charge is 0.255 e. The Morgan fingerprint density at radius 1 is 0.780 bits per heavy atom. The molecule has 0 aliphatic carbocycles. The predicted octanol–water partition coefficient (Wildman–Crippen LogP) is 7.58. The van der Waals surface area contributed by atoms with Crippen molar-refractivity contribution in [3.05, 3.63) is 108 Å². The van der Waals surface area contributed by atoms with E-state index in [0.717, 1.165) is 35.9 Å². The van der Waals surface area contributed by atoms with Crippen molar-refractivity contribution in [1.82, 2.24) is 5.32 Å². The van der Waals surface area contributed by atoms with E-state index < -0.39 is 53.3 Å². The van der Waals surface area contributed by atoms with E-state index in [-0.39, 0.29) is 45.0 Å². The molecular weight excluding hydrogens is 805 g/mol. The molecule has 2 amide bonds. The third-order valence-corrected chi connectivity index (χ3v) is 10.7. The van der Waals surface area contributed by atoms with Gasteiger partial charge in [-0.2, -0.15) is 5.11 Å². The summed E-state index contributed by atoms with van der Waals surface area (Å²) in [5, 5.41) is 35.3. The molecule has 0 saturated carbocycles. The average molecular weight is 841 g/mol. The highest BCUT2D eigenvalue weighted by atomic mass is 32.2. The number of hydrogen-bond donors (Lipinski definition) is 4. The number of unbranched alkanes of at least 4 members (excludes halogenated alkanes) is 1. The number of azo groups is 1. The summed E-state index contributed by atoms with van der Waals surface area (Å²) in [6, 6.07) is 22.2. The number of hydrogen-bond acceptors (Lipinski definition) is 14. The van der Waals surface area contributed by atoms with Crippen LogP contribution in [0.1, 0.15) is 41.3 Å². The first-order valence-corrected chi connectivity index (χ1v) is 20.7. The van der Waals surface area contributed by atoms with E-state index in [1.807, 2.05) is 32.0 Å². The second-order valence-electron chi connectivity index (χ2n) is 13.4. The fourth-order valence-electron chi connectivity index (χ4n) is 6.25. The van der Waals surface area contributed by atoms with Crippen LogP contribution >= 0.6 is 0 Å². The number of nitrogens with one attached hydrogen (secondary N) is 2. The first kappa shape index (κ1) is 42.0. The minimum Gasteiger partial charge on any atom is -0.744 e. The molecule has 0 spiro atoms. The zero-order valence-corrected chi connectivity index (χ0v) is 33.3. The Hall–Kier alpha value is -6.60. The standard InChI is InChI=1S/C41H38N4O12S2/c1-23-10-15-34(24(2)18-23)56-17-7-6-16-42-41(49)32-22-35(30-8-4-5-9-31(30)39(32)47)57-28-13-11-27(12-14-28)44-45-38-36(59(53,54)55)20-26-19-29(58(50,51)52)21-33(43-25(3)46)37(26)40(38)48/h4-5,8-15,18-22,47-48H,6-7,16-17H2,1-3H3,(H,42,49)(H,43,46)(H,50,51,52)(H,53,54,55)/p-2. The summed E-state index contributed by atoms with van der Waals surface area (Å²) in [5.41, 5.74) is 1.08. The van der Waals surface area contributed by atoms with E-state index in [2.05, 4.69) is 20.9 Å². The van der Waals surface area contributed by atoms with E-state index in [1.165, 1.54) is 30.3 Å². The Kier molecular flexibility index (Phi) is 12.2. The zero-order chi connectivity index (χ0) is 42.6. The normalized spacial score (nSPS) is 11.9. The van der Waals surface area contributed by atoms with Crippen molar-refractivity contribution in [1.29, 1.82) is 0 Å². The maximum atomic E-state index is 13.3. The van der Waals surface area contributed by atoms with E-state index in [4.69, 9.17) is 9.47 Å². The van der Waals surface area contributed by atoms with Crippen molar-refractivity contribution in [2.45, 2.75) is 43.4 Å². The summed E-state index contributed by atoms with van der Waals surface area (Å²) in [6.45, 7) is 5.86. The number of amides is 2. The molecule has 0 unspecified atom stereocenters. The number of aromatic hydroxyl groups is 2. The molecule has 18 heteroatoms. The van der Waals surface area contributed by atoms with Crippen LogP contribution < -0.4 is 20.1 Å². The van der Waals surface area contributed by atoms with Gasteiger partial charge in [0.1, 0.15) is 48.9 Å².